The molecule has 0 spiro atoms. The van der Waals surface area contributed by atoms with Gasteiger partial charge in [0.25, 0.3) is 0 Å². The van der Waals surface area contributed by atoms with Crippen molar-refractivity contribution in [2.24, 2.45) is 0 Å². The molecule has 13 rings (SSSR count). The minimum Gasteiger partial charge on any atom is -0.309 e. The van der Waals surface area contributed by atoms with Gasteiger partial charge in [0.05, 0.1) is 33.1 Å². The highest BCUT2D eigenvalue weighted by molar-refractivity contribution is 7.25. The minimum atomic E-state index is 0.953. The van der Waals surface area contributed by atoms with Crippen LogP contribution in [0.4, 0.5) is 0 Å². The van der Waals surface area contributed by atoms with Gasteiger partial charge < -0.3 is 9.13 Å². The summed E-state index contributed by atoms with van der Waals surface area (Å²) in [6, 6.07) is 66.0. The molecule has 4 heterocycles. The van der Waals surface area contributed by atoms with Gasteiger partial charge in [-0.2, -0.15) is 0 Å². The van der Waals surface area contributed by atoms with Gasteiger partial charge in [0, 0.05) is 53.8 Å². The fourth-order valence-electron chi connectivity index (χ4n) is 9.36. The Kier molecular flexibility index (Phi) is 6.29. The Morgan fingerprint density at radius 1 is 0.316 bits per heavy atom. The number of para-hydroxylation sites is 3. The van der Waals surface area contributed by atoms with Crippen molar-refractivity contribution in [2.45, 2.75) is 0 Å². The lowest BCUT2D eigenvalue weighted by Crippen LogP contribution is -1.94. The molecule has 13 aromatic rings. The average molecular weight is 743 g/mol. The molecule has 0 unspecified atom stereocenters. The van der Waals surface area contributed by atoms with E-state index in [9.17, 15) is 0 Å². The third-order valence-corrected chi connectivity index (χ3v) is 12.9. The number of rotatable bonds is 3. The van der Waals surface area contributed by atoms with E-state index >= 15 is 0 Å². The van der Waals surface area contributed by atoms with Crippen molar-refractivity contribution in [1.29, 1.82) is 0 Å². The Morgan fingerprint density at radius 2 is 0.807 bits per heavy atom. The summed E-state index contributed by atoms with van der Waals surface area (Å²) in [6.07, 6.45) is 0. The van der Waals surface area contributed by atoms with E-state index in [1.807, 2.05) is 0 Å². The molecule has 57 heavy (non-hydrogen) atoms. The molecule has 0 amide bonds. The van der Waals surface area contributed by atoms with Crippen LogP contribution in [0.5, 0.6) is 0 Å². The van der Waals surface area contributed by atoms with Crippen LogP contribution in [0.25, 0.3) is 119 Å². The van der Waals surface area contributed by atoms with Crippen LogP contribution in [0.15, 0.2) is 182 Å². The van der Waals surface area contributed by atoms with Crippen molar-refractivity contribution in [1.82, 2.24) is 19.1 Å². The van der Waals surface area contributed by atoms with Crippen molar-refractivity contribution in [3.63, 3.8) is 0 Å². The highest BCUT2D eigenvalue weighted by Crippen LogP contribution is 2.41. The number of hydrogen-bond acceptors (Lipinski definition) is 3. The predicted molar refractivity (Wildman–Crippen MR) is 242 cm³/mol. The second kappa shape index (κ2) is 11.6. The molecule has 0 radical (unpaired) electrons. The van der Waals surface area contributed by atoms with Crippen molar-refractivity contribution in [3.05, 3.63) is 182 Å². The largest absolute Gasteiger partial charge is 0.309 e. The minimum absolute atomic E-state index is 0.953. The van der Waals surface area contributed by atoms with Crippen LogP contribution in [0.1, 0.15) is 0 Å². The lowest BCUT2D eigenvalue weighted by atomic mass is 9.99. The third-order valence-electron chi connectivity index (χ3n) is 11.9. The zero-order valence-electron chi connectivity index (χ0n) is 30.5. The second-order valence-corrected chi connectivity index (χ2v) is 16.0. The van der Waals surface area contributed by atoms with Crippen LogP contribution in [-0.4, -0.2) is 19.1 Å². The van der Waals surface area contributed by atoms with E-state index in [1.54, 1.807) is 11.3 Å². The smallest absolute Gasteiger partial charge is 0.143 e. The van der Waals surface area contributed by atoms with Gasteiger partial charge in [-0.05, 0) is 88.6 Å². The van der Waals surface area contributed by atoms with Gasteiger partial charge in [-0.25, -0.2) is 9.97 Å². The van der Waals surface area contributed by atoms with E-state index in [0.717, 1.165) is 43.2 Å². The predicted octanol–water partition coefficient (Wildman–Crippen LogP) is 14.2. The zero-order valence-corrected chi connectivity index (χ0v) is 31.3. The first-order chi connectivity index (χ1) is 28.3. The maximum absolute atomic E-state index is 5.43. The summed E-state index contributed by atoms with van der Waals surface area (Å²) < 4.78 is 5.97. The molecule has 4 aromatic heterocycles. The molecule has 0 saturated heterocycles. The topological polar surface area (TPSA) is 35.6 Å². The van der Waals surface area contributed by atoms with E-state index in [2.05, 4.69) is 191 Å². The standard InChI is InChI=1S/C52H30N4S/c1-2-12-33(13-3-1)55-44-20-10-8-16-37(44)41-28-31(22-25-46(41)55)32-23-26-47-42(29-32)38-17-9-11-21-45(38)56(47)34-24-27-48-43(30-34)51-52(57-48)54-50-40-19-7-5-15-36(40)35-14-4-6-18-39(35)49(50)53-51/h1-30H. The Hall–Kier alpha value is -7.34. The molecule has 0 aliphatic carbocycles. The van der Waals surface area contributed by atoms with Gasteiger partial charge in [-0.15, -0.1) is 11.3 Å². The molecule has 0 aliphatic heterocycles. The molecule has 0 aliphatic rings. The summed E-state index contributed by atoms with van der Waals surface area (Å²) in [5, 5.41) is 10.8. The van der Waals surface area contributed by atoms with E-state index in [0.29, 0.717) is 0 Å². The van der Waals surface area contributed by atoms with Crippen molar-refractivity contribution in [2.75, 3.05) is 0 Å². The SMILES string of the molecule is c1ccc(-n2c3ccccc3c3cc(-c4ccc5c(c4)c4ccccc4n5-c4ccc5sc6nc7c8ccccc8c8ccccc8c7nc6c5c4)ccc32)cc1. The summed E-state index contributed by atoms with van der Waals surface area (Å²) in [5.41, 5.74) is 12.3. The van der Waals surface area contributed by atoms with Crippen molar-refractivity contribution < 1.29 is 0 Å². The Labute approximate surface area is 330 Å². The van der Waals surface area contributed by atoms with Gasteiger partial charge in [0.1, 0.15) is 10.3 Å². The fourth-order valence-corrected chi connectivity index (χ4v) is 10.4. The maximum atomic E-state index is 5.43. The van der Waals surface area contributed by atoms with E-state index in [-0.39, 0.29) is 0 Å². The highest BCUT2D eigenvalue weighted by Gasteiger charge is 2.19. The van der Waals surface area contributed by atoms with Gasteiger partial charge >= 0.3 is 0 Å². The summed E-state index contributed by atoms with van der Waals surface area (Å²) >= 11 is 1.72. The number of hydrogen-bond donors (Lipinski definition) is 0. The molecule has 0 N–H and O–H groups in total. The number of fused-ring (bicyclic) bond motifs is 15. The Bertz CT molecular complexity index is 3810. The zero-order chi connectivity index (χ0) is 37.2. The molecule has 5 heteroatoms. The molecule has 0 fully saturated rings. The van der Waals surface area contributed by atoms with Gasteiger partial charge in [-0.1, -0.05) is 115 Å². The van der Waals surface area contributed by atoms with E-state index in [1.165, 1.54) is 75.9 Å². The summed E-state index contributed by atoms with van der Waals surface area (Å²) in [6.45, 7) is 0. The summed E-state index contributed by atoms with van der Waals surface area (Å²) in [7, 11) is 0. The van der Waals surface area contributed by atoms with Gasteiger partial charge in [0.2, 0.25) is 0 Å². The van der Waals surface area contributed by atoms with Gasteiger partial charge in [-0.3, -0.25) is 0 Å². The molecule has 0 saturated carbocycles. The van der Waals surface area contributed by atoms with E-state index < -0.39 is 0 Å². The first-order valence-electron chi connectivity index (χ1n) is 19.3. The average Bonchev–Trinajstić information content (AvgIpc) is 3.92. The van der Waals surface area contributed by atoms with Gasteiger partial charge in [0.15, 0.2) is 0 Å². The van der Waals surface area contributed by atoms with Crippen molar-refractivity contribution in [3.8, 4) is 22.5 Å². The fraction of sp³-hybridized carbons (Fsp3) is 0. The number of benzene rings is 9. The number of aromatic nitrogens is 4. The van der Waals surface area contributed by atoms with E-state index in [4.69, 9.17) is 9.97 Å². The van der Waals surface area contributed by atoms with Crippen LogP contribution in [0, 0.1) is 0 Å². The van der Waals surface area contributed by atoms with Crippen LogP contribution in [-0.2, 0) is 0 Å². The quantitative estimate of drug-likeness (QED) is 0.169. The van der Waals surface area contributed by atoms with Crippen LogP contribution >= 0.6 is 11.3 Å². The maximum Gasteiger partial charge on any atom is 0.143 e. The molecule has 264 valence electrons. The van der Waals surface area contributed by atoms with Crippen molar-refractivity contribution >= 4 is 108 Å². The molecule has 9 aromatic carbocycles. The molecular weight excluding hydrogens is 713 g/mol. The molecule has 0 bridgehead atoms. The number of nitrogens with zero attached hydrogens (tertiary/aromatic N) is 4. The summed E-state index contributed by atoms with van der Waals surface area (Å²) in [5.74, 6) is 0. The Morgan fingerprint density at radius 3 is 1.42 bits per heavy atom. The highest BCUT2D eigenvalue weighted by atomic mass is 32.1. The van der Waals surface area contributed by atoms with Crippen LogP contribution in [0.3, 0.4) is 0 Å². The first kappa shape index (κ1) is 30.9. The normalized spacial score (nSPS) is 12.2. The monoisotopic (exact) mass is 742 g/mol. The molecule has 0 atom stereocenters. The second-order valence-electron chi connectivity index (χ2n) is 15.0. The molecule has 4 nitrogen and oxygen atoms in total. The lowest BCUT2D eigenvalue weighted by Gasteiger charge is -2.10. The number of thiophene rings is 1. The van der Waals surface area contributed by atoms with Crippen LogP contribution < -0.4 is 0 Å². The summed E-state index contributed by atoms with van der Waals surface area (Å²) in [4.78, 5) is 11.7. The lowest BCUT2D eigenvalue weighted by molar-refractivity contribution is 1.18. The molecular formula is C52H30N4S. The van der Waals surface area contributed by atoms with Crippen LogP contribution in [0.2, 0.25) is 0 Å². The Balaban J connectivity index is 0.997. The first-order valence-corrected chi connectivity index (χ1v) is 20.1. The third kappa shape index (κ3) is 4.37.